The van der Waals surface area contributed by atoms with E-state index in [1.54, 1.807) is 0 Å². The first-order valence-corrected chi connectivity index (χ1v) is 19.2. The second-order valence-electron chi connectivity index (χ2n) is 14.6. The third kappa shape index (κ3) is 4.93. The molecule has 8 aromatic carbocycles. The number of aliphatic imine (C=N–C) groups is 2. The molecular formula is C52H36N4. The summed E-state index contributed by atoms with van der Waals surface area (Å²) in [4.78, 5) is 13.0. The Kier molecular flexibility index (Phi) is 7.42. The standard InChI is InChI=1S/C52H36N4/c1-4-16-35(17-5-1)36-28-30-38(31-29-36)50-53-49(37-18-6-2-7-19-37)54-51(55-50)39-32-33-42-41-22-10-11-23-43(41)52(46(42)34-39)44-24-12-14-26-47(44)56(40-20-8-3-9-21-40)48-27-15-13-25-45(48)52/h1-34,50H,(H,53,54,55). The number of hydrogen-bond donors (Lipinski definition) is 1. The fourth-order valence-corrected chi connectivity index (χ4v) is 9.08. The summed E-state index contributed by atoms with van der Waals surface area (Å²) >= 11 is 0. The highest BCUT2D eigenvalue weighted by Gasteiger charge is 2.51. The first-order chi connectivity index (χ1) is 27.8. The molecule has 0 aromatic heterocycles. The van der Waals surface area contributed by atoms with Crippen molar-refractivity contribution in [2.24, 2.45) is 9.98 Å². The monoisotopic (exact) mass is 716 g/mol. The molecule has 4 nitrogen and oxygen atoms in total. The number of rotatable bonds is 5. The van der Waals surface area contributed by atoms with E-state index in [1.807, 2.05) is 12.1 Å². The Bertz CT molecular complexity index is 2780. The van der Waals surface area contributed by atoms with Gasteiger partial charge in [0.2, 0.25) is 0 Å². The highest BCUT2D eigenvalue weighted by Crippen LogP contribution is 2.63. The van der Waals surface area contributed by atoms with Gasteiger partial charge in [0.25, 0.3) is 0 Å². The number of nitrogens with one attached hydrogen (secondary N) is 1. The fourth-order valence-electron chi connectivity index (χ4n) is 9.08. The van der Waals surface area contributed by atoms with E-state index < -0.39 is 11.6 Å². The summed E-state index contributed by atoms with van der Waals surface area (Å²) in [5.41, 5.74) is 15.9. The van der Waals surface area contributed by atoms with Gasteiger partial charge in [-0.15, -0.1) is 0 Å². The van der Waals surface area contributed by atoms with E-state index in [4.69, 9.17) is 9.98 Å². The van der Waals surface area contributed by atoms with Crippen molar-refractivity contribution >= 4 is 28.7 Å². The van der Waals surface area contributed by atoms with Crippen LogP contribution in [0.15, 0.2) is 216 Å². The van der Waals surface area contributed by atoms with Gasteiger partial charge in [0.05, 0.1) is 16.8 Å². The lowest BCUT2D eigenvalue weighted by Crippen LogP contribution is -2.37. The summed E-state index contributed by atoms with van der Waals surface area (Å²) in [6, 6.07) is 74.0. The molecule has 8 aromatic rings. The molecule has 1 N–H and O–H groups in total. The molecular weight excluding hydrogens is 681 g/mol. The van der Waals surface area contributed by atoms with Gasteiger partial charge >= 0.3 is 0 Å². The molecule has 1 unspecified atom stereocenters. The molecule has 11 rings (SSSR count). The molecule has 0 fully saturated rings. The van der Waals surface area contributed by atoms with E-state index >= 15 is 0 Å². The number of anilines is 3. The number of benzene rings is 8. The van der Waals surface area contributed by atoms with Crippen LogP contribution in [0.1, 0.15) is 45.1 Å². The molecule has 4 heteroatoms. The van der Waals surface area contributed by atoms with Crippen molar-refractivity contribution in [3.05, 3.63) is 245 Å². The summed E-state index contributed by atoms with van der Waals surface area (Å²) in [7, 11) is 0. The van der Waals surface area contributed by atoms with Crippen molar-refractivity contribution in [3.8, 4) is 22.3 Å². The smallest absolute Gasteiger partial charge is 0.169 e. The Labute approximate surface area is 326 Å². The van der Waals surface area contributed by atoms with Crippen molar-refractivity contribution in [1.82, 2.24) is 5.32 Å². The van der Waals surface area contributed by atoms with E-state index in [-0.39, 0.29) is 0 Å². The van der Waals surface area contributed by atoms with Gasteiger partial charge < -0.3 is 10.2 Å². The highest BCUT2D eigenvalue weighted by molar-refractivity contribution is 6.16. The lowest BCUT2D eigenvalue weighted by molar-refractivity contribution is 0.749. The van der Waals surface area contributed by atoms with Crippen molar-refractivity contribution in [3.63, 3.8) is 0 Å². The quantitative estimate of drug-likeness (QED) is 0.193. The Hall–Kier alpha value is -7.30. The van der Waals surface area contributed by atoms with Crippen LogP contribution in [0, 0.1) is 0 Å². The van der Waals surface area contributed by atoms with Gasteiger partial charge in [0.15, 0.2) is 6.17 Å². The van der Waals surface area contributed by atoms with Crippen LogP contribution >= 0.6 is 0 Å². The Balaban J connectivity index is 1.10. The van der Waals surface area contributed by atoms with Crippen LogP contribution in [0.4, 0.5) is 17.1 Å². The van der Waals surface area contributed by atoms with E-state index in [0.717, 1.165) is 34.0 Å². The molecule has 2 heterocycles. The molecule has 0 saturated heterocycles. The Morgan fingerprint density at radius 1 is 0.393 bits per heavy atom. The van der Waals surface area contributed by atoms with Crippen molar-refractivity contribution in [2.45, 2.75) is 11.6 Å². The number of para-hydroxylation sites is 3. The second kappa shape index (κ2) is 12.9. The Morgan fingerprint density at radius 2 is 0.875 bits per heavy atom. The molecule has 0 bridgehead atoms. The Morgan fingerprint density at radius 3 is 1.54 bits per heavy atom. The molecule has 1 atom stereocenters. The van der Waals surface area contributed by atoms with Crippen LogP contribution in [-0.2, 0) is 5.41 Å². The molecule has 1 spiro atoms. The summed E-state index contributed by atoms with van der Waals surface area (Å²) < 4.78 is 0. The van der Waals surface area contributed by atoms with E-state index in [1.165, 1.54) is 55.9 Å². The van der Waals surface area contributed by atoms with E-state index in [2.05, 4.69) is 204 Å². The zero-order valence-corrected chi connectivity index (χ0v) is 30.5. The van der Waals surface area contributed by atoms with Crippen LogP contribution < -0.4 is 10.2 Å². The van der Waals surface area contributed by atoms with Crippen molar-refractivity contribution < 1.29 is 0 Å². The zero-order valence-electron chi connectivity index (χ0n) is 30.5. The number of amidine groups is 2. The predicted molar refractivity (Wildman–Crippen MR) is 229 cm³/mol. The maximum atomic E-state index is 5.36. The maximum absolute atomic E-state index is 5.36. The molecule has 0 saturated carbocycles. The lowest BCUT2D eigenvalue weighted by atomic mass is 9.64. The van der Waals surface area contributed by atoms with Gasteiger partial charge in [-0.2, -0.15) is 0 Å². The largest absolute Gasteiger partial charge is 0.324 e. The van der Waals surface area contributed by atoms with Crippen molar-refractivity contribution in [1.29, 1.82) is 0 Å². The zero-order chi connectivity index (χ0) is 37.1. The maximum Gasteiger partial charge on any atom is 0.169 e. The summed E-state index contributed by atoms with van der Waals surface area (Å²) in [6.45, 7) is 0. The average molecular weight is 717 g/mol. The third-order valence-electron chi connectivity index (χ3n) is 11.5. The minimum Gasteiger partial charge on any atom is -0.324 e. The van der Waals surface area contributed by atoms with Gasteiger partial charge in [-0.1, -0.05) is 176 Å². The third-order valence-corrected chi connectivity index (χ3v) is 11.5. The normalized spacial score (nSPS) is 15.8. The number of fused-ring (bicyclic) bond motifs is 9. The SMILES string of the molecule is c1ccc(C2=NC(c3ccc(-c4ccccc4)cc3)N=C(c3ccc4c(c3)C3(c5ccccc5-4)c4ccccc4N(c4ccccc4)c4ccccc43)N2)cc1. The van der Waals surface area contributed by atoms with Gasteiger partial charge in [-0.3, -0.25) is 0 Å². The second-order valence-corrected chi connectivity index (χ2v) is 14.6. The summed E-state index contributed by atoms with van der Waals surface area (Å²) in [5, 5.41) is 3.69. The van der Waals surface area contributed by atoms with Crippen LogP contribution in [0.3, 0.4) is 0 Å². The average Bonchev–Trinajstić information content (AvgIpc) is 3.57. The van der Waals surface area contributed by atoms with Crippen LogP contribution in [-0.4, -0.2) is 11.7 Å². The molecule has 0 amide bonds. The van der Waals surface area contributed by atoms with Gasteiger partial charge in [-0.25, -0.2) is 9.98 Å². The fraction of sp³-hybridized carbons (Fsp3) is 0.0385. The minimum atomic E-state index is -0.557. The number of nitrogens with zero attached hydrogens (tertiary/aromatic N) is 3. The summed E-state index contributed by atoms with van der Waals surface area (Å²) in [6.07, 6.45) is -0.416. The van der Waals surface area contributed by atoms with Crippen LogP contribution in [0.5, 0.6) is 0 Å². The topological polar surface area (TPSA) is 40.0 Å². The molecule has 3 aliphatic rings. The first kappa shape index (κ1) is 32.2. The van der Waals surface area contributed by atoms with Crippen LogP contribution in [0.25, 0.3) is 22.3 Å². The molecule has 56 heavy (non-hydrogen) atoms. The minimum absolute atomic E-state index is 0.416. The van der Waals surface area contributed by atoms with E-state index in [0.29, 0.717) is 0 Å². The molecule has 0 radical (unpaired) electrons. The van der Waals surface area contributed by atoms with Crippen LogP contribution in [0.2, 0.25) is 0 Å². The molecule has 1 aliphatic carbocycles. The predicted octanol–water partition coefficient (Wildman–Crippen LogP) is 12.0. The van der Waals surface area contributed by atoms with Gasteiger partial charge in [-0.05, 0) is 80.4 Å². The first-order valence-electron chi connectivity index (χ1n) is 19.2. The van der Waals surface area contributed by atoms with Crippen molar-refractivity contribution in [2.75, 3.05) is 4.90 Å². The highest BCUT2D eigenvalue weighted by atomic mass is 15.2. The molecule has 264 valence electrons. The van der Waals surface area contributed by atoms with E-state index in [9.17, 15) is 0 Å². The lowest BCUT2D eigenvalue weighted by Gasteiger charge is -2.45. The number of hydrogen-bond acceptors (Lipinski definition) is 4. The van der Waals surface area contributed by atoms with Gasteiger partial charge in [0, 0.05) is 16.8 Å². The van der Waals surface area contributed by atoms with Gasteiger partial charge in [0.1, 0.15) is 11.7 Å². The molecule has 2 aliphatic heterocycles. The summed E-state index contributed by atoms with van der Waals surface area (Å²) in [5.74, 6) is 1.60.